The number of thioether (sulfide) groups is 1. The van der Waals surface area contributed by atoms with Crippen LogP contribution < -0.4 is 0 Å². The van der Waals surface area contributed by atoms with Gasteiger partial charge in [0, 0.05) is 5.56 Å². The number of benzene rings is 1. The van der Waals surface area contributed by atoms with Crippen molar-refractivity contribution < 1.29 is 8.91 Å². The van der Waals surface area contributed by atoms with Crippen LogP contribution in [0.15, 0.2) is 22.7 Å². The van der Waals surface area contributed by atoms with Crippen LogP contribution in [0.3, 0.4) is 0 Å². The van der Waals surface area contributed by atoms with Crippen LogP contribution in [0.2, 0.25) is 0 Å². The van der Waals surface area contributed by atoms with Gasteiger partial charge in [-0.2, -0.15) is 10.2 Å². The number of nitriles is 1. The normalized spacial score (nSPS) is 10.3. The largest absolute Gasteiger partial charge is 0.338 e. The molecule has 0 unspecified atom stereocenters. The van der Waals surface area contributed by atoms with Crippen LogP contribution in [0.25, 0.3) is 11.4 Å². The fraction of sp³-hybridized carbons (Fsp3) is 0.250. The molecular weight excluding hydrogens is 253 g/mol. The lowest BCUT2D eigenvalue weighted by molar-refractivity contribution is 0.391. The van der Waals surface area contributed by atoms with Gasteiger partial charge >= 0.3 is 0 Å². The summed E-state index contributed by atoms with van der Waals surface area (Å²) in [6, 6.07) is 6.46. The zero-order valence-corrected chi connectivity index (χ0v) is 10.5. The Morgan fingerprint density at radius 1 is 1.50 bits per heavy atom. The number of aryl methyl sites for hydroxylation is 1. The molecule has 0 saturated carbocycles. The van der Waals surface area contributed by atoms with E-state index in [1.807, 2.05) is 13.0 Å². The second-order valence-corrected chi connectivity index (χ2v) is 4.61. The summed E-state index contributed by atoms with van der Waals surface area (Å²) >= 11 is 1.39. The Kier molecular flexibility index (Phi) is 3.95. The van der Waals surface area contributed by atoms with Crippen LogP contribution in [-0.4, -0.2) is 15.9 Å². The predicted molar refractivity (Wildman–Crippen MR) is 66.2 cm³/mol. The molecule has 4 nitrogen and oxygen atoms in total. The lowest BCUT2D eigenvalue weighted by Crippen LogP contribution is -1.88. The molecule has 0 fully saturated rings. The summed E-state index contributed by atoms with van der Waals surface area (Å²) in [5.41, 5.74) is 1.50. The summed E-state index contributed by atoms with van der Waals surface area (Å²) in [6.07, 6.45) is 0. The molecule has 0 amide bonds. The van der Waals surface area contributed by atoms with E-state index in [-0.39, 0.29) is 5.82 Å². The zero-order valence-electron chi connectivity index (χ0n) is 9.68. The second kappa shape index (κ2) is 5.65. The molecule has 18 heavy (non-hydrogen) atoms. The third-order valence-corrected chi connectivity index (χ3v) is 3.09. The zero-order chi connectivity index (χ0) is 13.0. The van der Waals surface area contributed by atoms with Crippen LogP contribution in [-0.2, 0) is 5.75 Å². The smallest absolute Gasteiger partial charge is 0.236 e. The molecule has 6 heteroatoms. The van der Waals surface area contributed by atoms with E-state index < -0.39 is 0 Å². The topological polar surface area (TPSA) is 62.7 Å². The van der Waals surface area contributed by atoms with Gasteiger partial charge in [-0.05, 0) is 24.6 Å². The van der Waals surface area contributed by atoms with Gasteiger partial charge < -0.3 is 4.52 Å². The van der Waals surface area contributed by atoms with Crippen molar-refractivity contribution in [1.29, 1.82) is 5.26 Å². The van der Waals surface area contributed by atoms with Gasteiger partial charge in [-0.1, -0.05) is 11.2 Å². The molecule has 0 atom stereocenters. The van der Waals surface area contributed by atoms with Gasteiger partial charge in [-0.15, -0.1) is 11.8 Å². The molecule has 92 valence electrons. The highest BCUT2D eigenvalue weighted by Crippen LogP contribution is 2.22. The molecule has 0 radical (unpaired) electrons. The number of rotatable bonds is 4. The molecule has 1 heterocycles. The van der Waals surface area contributed by atoms with Crippen molar-refractivity contribution in [1.82, 2.24) is 10.1 Å². The van der Waals surface area contributed by atoms with Crippen molar-refractivity contribution in [3.8, 4) is 17.5 Å². The first-order chi connectivity index (χ1) is 8.70. The Labute approximate surface area is 108 Å². The summed E-state index contributed by atoms with van der Waals surface area (Å²) < 4.78 is 18.2. The average Bonchev–Trinajstić information content (AvgIpc) is 2.81. The first-order valence-corrected chi connectivity index (χ1v) is 6.40. The van der Waals surface area contributed by atoms with Gasteiger partial charge in [0.1, 0.15) is 5.82 Å². The molecule has 0 N–H and O–H groups in total. The molecule has 0 aliphatic heterocycles. The Hall–Kier alpha value is -1.87. The molecule has 0 saturated heterocycles. The summed E-state index contributed by atoms with van der Waals surface area (Å²) in [5, 5.41) is 12.2. The van der Waals surface area contributed by atoms with Crippen molar-refractivity contribution in [2.45, 2.75) is 12.7 Å². The minimum absolute atomic E-state index is 0.333. The maximum atomic E-state index is 13.2. The maximum absolute atomic E-state index is 13.2. The summed E-state index contributed by atoms with van der Waals surface area (Å²) in [6.45, 7) is 1.86. The summed E-state index contributed by atoms with van der Waals surface area (Å²) in [7, 11) is 0. The van der Waals surface area contributed by atoms with Gasteiger partial charge in [0.25, 0.3) is 0 Å². The van der Waals surface area contributed by atoms with Gasteiger partial charge in [-0.3, -0.25) is 0 Å². The number of hydrogen-bond acceptors (Lipinski definition) is 5. The minimum atomic E-state index is -0.333. The first-order valence-electron chi connectivity index (χ1n) is 5.24. The van der Waals surface area contributed by atoms with Crippen LogP contribution in [0, 0.1) is 24.1 Å². The number of aromatic nitrogens is 2. The van der Waals surface area contributed by atoms with Crippen molar-refractivity contribution in [2.24, 2.45) is 0 Å². The standard InChI is InChI=1S/C12H10FN3OS/c1-8-2-3-9(13)6-10(8)12-15-11(17-16-12)7-18-5-4-14/h2-3,6H,5,7H2,1H3. The molecule has 0 spiro atoms. The Morgan fingerprint density at radius 3 is 3.11 bits per heavy atom. The van der Waals surface area contributed by atoms with E-state index in [1.54, 1.807) is 6.07 Å². The SMILES string of the molecule is Cc1ccc(F)cc1-c1noc(CSCC#N)n1. The Morgan fingerprint density at radius 2 is 2.33 bits per heavy atom. The van der Waals surface area contributed by atoms with Crippen LogP contribution in [0.1, 0.15) is 11.5 Å². The van der Waals surface area contributed by atoms with Crippen molar-refractivity contribution in [3.63, 3.8) is 0 Å². The van der Waals surface area contributed by atoms with Crippen LogP contribution in [0.5, 0.6) is 0 Å². The van der Waals surface area contributed by atoms with E-state index in [2.05, 4.69) is 10.1 Å². The van der Waals surface area contributed by atoms with Crippen molar-refractivity contribution in [2.75, 3.05) is 5.75 Å². The first kappa shape index (κ1) is 12.6. The van der Waals surface area contributed by atoms with Gasteiger partial charge in [0.15, 0.2) is 0 Å². The van der Waals surface area contributed by atoms with E-state index in [0.717, 1.165) is 5.56 Å². The average molecular weight is 263 g/mol. The summed E-state index contributed by atoms with van der Waals surface area (Å²) in [4.78, 5) is 4.18. The second-order valence-electron chi connectivity index (χ2n) is 3.62. The number of hydrogen-bond donors (Lipinski definition) is 0. The molecule has 0 bridgehead atoms. The summed E-state index contributed by atoms with van der Waals surface area (Å²) in [5.74, 6) is 1.33. The van der Waals surface area contributed by atoms with Crippen molar-refractivity contribution in [3.05, 3.63) is 35.5 Å². The molecular formula is C12H10FN3OS. The molecule has 0 aliphatic carbocycles. The molecule has 2 aromatic rings. The van der Waals surface area contributed by atoms with E-state index in [4.69, 9.17) is 9.78 Å². The van der Waals surface area contributed by atoms with Gasteiger partial charge in [0.2, 0.25) is 11.7 Å². The highest BCUT2D eigenvalue weighted by Gasteiger charge is 2.11. The molecule has 2 rings (SSSR count). The monoisotopic (exact) mass is 263 g/mol. The molecule has 0 aliphatic rings. The number of halogens is 1. The fourth-order valence-electron chi connectivity index (χ4n) is 1.44. The lowest BCUT2D eigenvalue weighted by atomic mass is 10.1. The molecule has 1 aromatic carbocycles. The van der Waals surface area contributed by atoms with E-state index in [9.17, 15) is 4.39 Å². The van der Waals surface area contributed by atoms with E-state index in [1.165, 1.54) is 23.9 Å². The third-order valence-electron chi connectivity index (χ3n) is 2.30. The minimum Gasteiger partial charge on any atom is -0.338 e. The third kappa shape index (κ3) is 2.87. The Bertz CT molecular complexity index is 591. The van der Waals surface area contributed by atoms with Crippen LogP contribution in [0.4, 0.5) is 4.39 Å². The van der Waals surface area contributed by atoms with Gasteiger partial charge in [-0.25, -0.2) is 4.39 Å². The quantitative estimate of drug-likeness (QED) is 0.793. The van der Waals surface area contributed by atoms with Gasteiger partial charge in [0.05, 0.1) is 17.6 Å². The van der Waals surface area contributed by atoms with Crippen molar-refractivity contribution >= 4 is 11.8 Å². The number of nitrogens with zero attached hydrogens (tertiary/aromatic N) is 3. The lowest BCUT2D eigenvalue weighted by Gasteiger charge is -1.99. The Balaban J connectivity index is 2.19. The fourth-order valence-corrected chi connectivity index (χ4v) is 1.93. The van der Waals surface area contributed by atoms with Crippen LogP contribution >= 0.6 is 11.8 Å². The maximum Gasteiger partial charge on any atom is 0.236 e. The predicted octanol–water partition coefficient (Wildman–Crippen LogP) is 2.94. The highest BCUT2D eigenvalue weighted by molar-refractivity contribution is 7.98. The van der Waals surface area contributed by atoms with E-state index >= 15 is 0 Å². The molecule has 1 aromatic heterocycles. The highest BCUT2D eigenvalue weighted by atomic mass is 32.2. The van der Waals surface area contributed by atoms with E-state index in [0.29, 0.717) is 28.8 Å².